The molecule has 0 radical (unpaired) electrons. The topological polar surface area (TPSA) is 108 Å². The molecule has 0 atom stereocenters. The molecule has 0 aliphatic heterocycles. The number of anilines is 3. The van der Waals surface area contributed by atoms with Crippen LogP contribution in [-0.2, 0) is 19.0 Å². The fourth-order valence-electron chi connectivity index (χ4n) is 4.42. The van der Waals surface area contributed by atoms with Gasteiger partial charge in [-0.25, -0.2) is 14.2 Å². The Bertz CT molecular complexity index is 1680. The highest BCUT2D eigenvalue weighted by Crippen LogP contribution is 2.28. The van der Waals surface area contributed by atoms with Crippen molar-refractivity contribution >= 4 is 29.1 Å². The maximum absolute atomic E-state index is 15.7. The Morgan fingerprint density at radius 2 is 1.67 bits per heavy atom. The number of carbonyl (C=O) groups is 2. The van der Waals surface area contributed by atoms with Gasteiger partial charge in [0.15, 0.2) is 11.6 Å². The normalized spacial score (nSPS) is 11.1. The zero-order valence-electron chi connectivity index (χ0n) is 25.3. The van der Waals surface area contributed by atoms with Crippen LogP contribution in [0.4, 0.5) is 26.4 Å². The van der Waals surface area contributed by atoms with Gasteiger partial charge in [0, 0.05) is 50.2 Å². The maximum Gasteiger partial charge on any atom is 0.317 e. The first kappa shape index (κ1) is 31.0. The third-order valence-electron chi connectivity index (χ3n) is 6.92. The molecule has 4 rings (SSSR count). The van der Waals surface area contributed by atoms with Crippen molar-refractivity contribution in [1.29, 1.82) is 0 Å². The van der Waals surface area contributed by atoms with Crippen molar-refractivity contribution in [3.8, 4) is 11.3 Å². The van der Waals surface area contributed by atoms with Crippen molar-refractivity contribution in [2.45, 2.75) is 39.7 Å². The molecule has 0 saturated heterocycles. The number of urea groups is 1. The van der Waals surface area contributed by atoms with E-state index in [1.165, 1.54) is 16.8 Å². The number of rotatable bonds is 8. The van der Waals surface area contributed by atoms with Crippen LogP contribution in [0.1, 0.15) is 49.2 Å². The number of halogens is 1. The van der Waals surface area contributed by atoms with Gasteiger partial charge in [0.05, 0.1) is 11.4 Å². The van der Waals surface area contributed by atoms with Crippen LogP contribution in [0.15, 0.2) is 77.7 Å². The van der Waals surface area contributed by atoms with E-state index in [1.807, 2.05) is 31.2 Å². The molecule has 0 saturated carbocycles. The molecule has 10 heteroatoms. The van der Waals surface area contributed by atoms with Gasteiger partial charge in [-0.2, -0.15) is 0 Å². The van der Waals surface area contributed by atoms with Gasteiger partial charge in [-0.3, -0.25) is 9.59 Å². The molecule has 3 amide bonds. The van der Waals surface area contributed by atoms with Gasteiger partial charge in [-0.05, 0) is 59.9 Å². The third kappa shape index (κ3) is 7.45. The number of nitrogens with one attached hydrogen (secondary N) is 3. The SMILES string of the molecule is CCNC(=O)N(C)Cc1ccc(Nc2nc(-c3cccc(NC(=O)c4ccc(C(C)(C)C)cc4)c3F)cn(C)c2=O)cc1. The summed E-state index contributed by atoms with van der Waals surface area (Å²) in [7, 11) is 3.27. The number of benzene rings is 3. The van der Waals surface area contributed by atoms with Crippen molar-refractivity contribution in [2.24, 2.45) is 7.05 Å². The smallest absolute Gasteiger partial charge is 0.317 e. The molecule has 3 aromatic carbocycles. The van der Waals surface area contributed by atoms with Gasteiger partial charge in [0.2, 0.25) is 0 Å². The Morgan fingerprint density at radius 1 is 1.00 bits per heavy atom. The van der Waals surface area contributed by atoms with E-state index in [1.54, 1.807) is 55.4 Å². The van der Waals surface area contributed by atoms with Gasteiger partial charge >= 0.3 is 6.03 Å². The summed E-state index contributed by atoms with van der Waals surface area (Å²) >= 11 is 0. The Hall–Kier alpha value is -4.99. The van der Waals surface area contributed by atoms with Gasteiger partial charge in [0.1, 0.15) is 0 Å². The van der Waals surface area contributed by atoms with Crippen LogP contribution < -0.4 is 21.5 Å². The molecular formula is C33H37FN6O3. The van der Waals surface area contributed by atoms with Gasteiger partial charge in [-0.1, -0.05) is 51.1 Å². The Balaban J connectivity index is 1.54. The van der Waals surface area contributed by atoms with Crippen LogP contribution in [0.2, 0.25) is 0 Å². The Kier molecular flexibility index (Phi) is 9.28. The highest BCUT2D eigenvalue weighted by molar-refractivity contribution is 6.04. The van der Waals surface area contributed by atoms with E-state index in [0.29, 0.717) is 24.3 Å². The molecule has 0 fully saturated rings. The first-order valence-electron chi connectivity index (χ1n) is 14.0. The Morgan fingerprint density at radius 3 is 2.30 bits per heavy atom. The second-order valence-corrected chi connectivity index (χ2v) is 11.4. The van der Waals surface area contributed by atoms with Crippen molar-refractivity contribution in [2.75, 3.05) is 24.2 Å². The van der Waals surface area contributed by atoms with Gasteiger partial charge in [0.25, 0.3) is 11.5 Å². The lowest BCUT2D eigenvalue weighted by Crippen LogP contribution is -2.36. The molecule has 3 N–H and O–H groups in total. The number of carbonyl (C=O) groups excluding carboxylic acids is 2. The van der Waals surface area contributed by atoms with Crippen LogP contribution in [0.25, 0.3) is 11.3 Å². The van der Waals surface area contributed by atoms with Crippen LogP contribution in [0.5, 0.6) is 0 Å². The van der Waals surface area contributed by atoms with E-state index in [9.17, 15) is 14.4 Å². The molecule has 0 bridgehead atoms. The minimum absolute atomic E-state index is 0.000681. The molecular weight excluding hydrogens is 547 g/mol. The summed E-state index contributed by atoms with van der Waals surface area (Å²) in [6.45, 7) is 9.08. The molecule has 43 heavy (non-hydrogen) atoms. The number of hydrogen-bond acceptors (Lipinski definition) is 5. The minimum atomic E-state index is -0.667. The quantitative estimate of drug-likeness (QED) is 0.234. The predicted molar refractivity (Wildman–Crippen MR) is 168 cm³/mol. The first-order valence-corrected chi connectivity index (χ1v) is 14.0. The zero-order chi connectivity index (χ0) is 31.3. The van der Waals surface area contributed by atoms with Crippen LogP contribution in [-0.4, -0.2) is 40.0 Å². The van der Waals surface area contributed by atoms with Gasteiger partial charge < -0.3 is 25.4 Å². The van der Waals surface area contributed by atoms with Crippen molar-refractivity contribution in [1.82, 2.24) is 19.8 Å². The molecule has 0 spiro atoms. The molecule has 9 nitrogen and oxygen atoms in total. The van der Waals surface area contributed by atoms with E-state index in [2.05, 4.69) is 41.7 Å². The van der Waals surface area contributed by atoms with Crippen LogP contribution in [0, 0.1) is 5.82 Å². The van der Waals surface area contributed by atoms with Crippen molar-refractivity contribution in [3.05, 3.63) is 106 Å². The molecule has 1 aromatic heterocycles. The summed E-state index contributed by atoms with van der Waals surface area (Å²) in [5.74, 6) is -1.09. The summed E-state index contributed by atoms with van der Waals surface area (Å²) in [5, 5.41) is 8.43. The average Bonchev–Trinajstić information content (AvgIpc) is 2.97. The summed E-state index contributed by atoms with van der Waals surface area (Å²) < 4.78 is 17.0. The predicted octanol–water partition coefficient (Wildman–Crippen LogP) is 6.04. The summed E-state index contributed by atoms with van der Waals surface area (Å²) in [5.41, 5.74) is 2.89. The lowest BCUT2D eigenvalue weighted by atomic mass is 9.87. The fourth-order valence-corrected chi connectivity index (χ4v) is 4.42. The van der Waals surface area contributed by atoms with Crippen LogP contribution >= 0.6 is 0 Å². The summed E-state index contributed by atoms with van der Waals surface area (Å²) in [6.07, 6.45) is 1.45. The molecule has 4 aromatic rings. The van der Waals surface area contributed by atoms with E-state index in [0.717, 1.165) is 11.1 Å². The van der Waals surface area contributed by atoms with E-state index in [4.69, 9.17) is 0 Å². The largest absolute Gasteiger partial charge is 0.338 e. The third-order valence-corrected chi connectivity index (χ3v) is 6.92. The average molecular weight is 585 g/mol. The molecule has 0 aliphatic rings. The second kappa shape index (κ2) is 12.9. The molecule has 0 unspecified atom stereocenters. The standard InChI is InChI=1S/C33H37FN6O3/c1-7-35-32(43)40(6)19-21-11-17-24(18-12-21)36-29-31(42)39(5)20-27(37-29)25-9-8-10-26(28(25)34)38-30(41)22-13-15-23(16-14-22)33(2,3)4/h8-18,20H,7,19H2,1-6H3,(H,35,43)(H,36,37)(H,38,41). The van der Waals surface area contributed by atoms with E-state index in [-0.39, 0.29) is 34.2 Å². The minimum Gasteiger partial charge on any atom is -0.338 e. The lowest BCUT2D eigenvalue weighted by molar-refractivity contribution is 0.102. The Labute approximate surface area is 250 Å². The highest BCUT2D eigenvalue weighted by atomic mass is 19.1. The lowest BCUT2D eigenvalue weighted by Gasteiger charge is -2.19. The summed E-state index contributed by atoms with van der Waals surface area (Å²) in [4.78, 5) is 43.8. The molecule has 1 heterocycles. The molecule has 224 valence electrons. The number of nitrogens with zero attached hydrogens (tertiary/aromatic N) is 3. The second-order valence-electron chi connectivity index (χ2n) is 11.4. The van der Waals surface area contributed by atoms with Crippen molar-refractivity contribution in [3.63, 3.8) is 0 Å². The van der Waals surface area contributed by atoms with E-state index < -0.39 is 17.3 Å². The zero-order valence-corrected chi connectivity index (χ0v) is 25.3. The number of hydrogen-bond donors (Lipinski definition) is 3. The number of aryl methyl sites for hydroxylation is 1. The van der Waals surface area contributed by atoms with Gasteiger partial charge in [-0.15, -0.1) is 0 Å². The fraction of sp³-hybridized carbons (Fsp3) is 0.273. The van der Waals surface area contributed by atoms with E-state index >= 15 is 4.39 Å². The highest BCUT2D eigenvalue weighted by Gasteiger charge is 2.18. The van der Waals surface area contributed by atoms with Crippen LogP contribution in [0.3, 0.4) is 0 Å². The van der Waals surface area contributed by atoms with Crippen molar-refractivity contribution < 1.29 is 14.0 Å². The number of aromatic nitrogens is 2. The monoisotopic (exact) mass is 584 g/mol. The first-order chi connectivity index (χ1) is 20.4. The molecule has 0 aliphatic carbocycles. The number of amides is 3. The summed E-state index contributed by atoms with van der Waals surface area (Å²) in [6, 6.07) is 18.9. The maximum atomic E-state index is 15.7.